The summed E-state index contributed by atoms with van der Waals surface area (Å²) in [7, 11) is 0. The molecule has 0 aliphatic carbocycles. The molecule has 0 aromatic carbocycles. The lowest BCUT2D eigenvalue weighted by molar-refractivity contribution is 0.186. The van der Waals surface area contributed by atoms with Gasteiger partial charge in [-0.25, -0.2) is 0 Å². The lowest BCUT2D eigenvalue weighted by atomic mass is 10.5. The van der Waals surface area contributed by atoms with E-state index in [9.17, 15) is 0 Å². The first-order chi connectivity index (χ1) is 6.06. The van der Waals surface area contributed by atoms with E-state index in [0.29, 0.717) is 6.42 Å². The van der Waals surface area contributed by atoms with Gasteiger partial charge in [0.1, 0.15) is 0 Å². The highest BCUT2D eigenvalue weighted by Gasteiger charge is 1.70. The number of hydrogen-bond acceptors (Lipinski definition) is 5. The summed E-state index contributed by atoms with van der Waals surface area (Å²) in [5.74, 6) is 0. The Morgan fingerprint density at radius 3 is 1.00 bits per heavy atom. The van der Waals surface area contributed by atoms with Crippen molar-refractivity contribution in [3.05, 3.63) is 0 Å². The molecule has 13 heavy (non-hydrogen) atoms. The van der Waals surface area contributed by atoms with Gasteiger partial charge in [-0.1, -0.05) is 0 Å². The monoisotopic (exact) mass is 198 g/mol. The fraction of sp³-hybridized carbons (Fsp3) is 1.00. The zero-order valence-corrected chi connectivity index (χ0v) is 8.35. The topological polar surface area (TPSA) is 101 Å². The standard InChI is InChI=1S/C3H8O2.C3H8O.C2H6O2/c4-2-1-3-5;1-3(2)4;3-1-2-4/h4-5H,1-3H2;3-4H,1-2H3;3-4H,1-2H2. The summed E-state index contributed by atoms with van der Waals surface area (Å²) in [6, 6.07) is 0. The van der Waals surface area contributed by atoms with Crippen LogP contribution in [0, 0.1) is 0 Å². The van der Waals surface area contributed by atoms with Crippen molar-refractivity contribution in [2.45, 2.75) is 26.4 Å². The van der Waals surface area contributed by atoms with Crippen LogP contribution in [0.4, 0.5) is 0 Å². The third-order valence-corrected chi connectivity index (χ3v) is 0.416. The summed E-state index contributed by atoms with van der Waals surface area (Å²) in [5, 5.41) is 39.1. The highest BCUT2D eigenvalue weighted by atomic mass is 16.3. The molecule has 0 amide bonds. The normalized spacial score (nSPS) is 8.31. The molecule has 0 unspecified atom stereocenters. The smallest absolute Gasteiger partial charge is 0.0662 e. The van der Waals surface area contributed by atoms with E-state index in [2.05, 4.69) is 0 Å². The maximum atomic E-state index is 8.06. The molecule has 5 nitrogen and oxygen atoms in total. The first-order valence-electron chi connectivity index (χ1n) is 4.18. The summed E-state index contributed by atoms with van der Waals surface area (Å²) in [6.07, 6.45) is 0.333. The minimum atomic E-state index is -0.167. The van der Waals surface area contributed by atoms with Crippen molar-refractivity contribution >= 4 is 0 Å². The molecule has 84 valence electrons. The molecule has 5 N–H and O–H groups in total. The van der Waals surface area contributed by atoms with E-state index in [1.165, 1.54) is 0 Å². The molecular weight excluding hydrogens is 176 g/mol. The summed E-state index contributed by atoms with van der Waals surface area (Å²) < 4.78 is 0. The first kappa shape index (κ1) is 18.6. The van der Waals surface area contributed by atoms with Crippen LogP contribution in [0.25, 0.3) is 0 Å². The molecular formula is C8H22O5. The van der Waals surface area contributed by atoms with Gasteiger partial charge in [-0.2, -0.15) is 0 Å². The van der Waals surface area contributed by atoms with Crippen LogP contribution in [0.5, 0.6) is 0 Å². The van der Waals surface area contributed by atoms with Crippen LogP contribution in [0.2, 0.25) is 0 Å². The second-order valence-corrected chi connectivity index (χ2v) is 2.34. The first-order valence-corrected chi connectivity index (χ1v) is 4.18. The molecule has 0 radical (unpaired) electrons. The van der Waals surface area contributed by atoms with Crippen LogP contribution in [-0.4, -0.2) is 58.1 Å². The van der Waals surface area contributed by atoms with Crippen molar-refractivity contribution in [1.82, 2.24) is 0 Å². The van der Waals surface area contributed by atoms with E-state index in [1.807, 2.05) is 0 Å². The van der Waals surface area contributed by atoms with Crippen LogP contribution in [0.1, 0.15) is 20.3 Å². The van der Waals surface area contributed by atoms with Crippen LogP contribution < -0.4 is 0 Å². The fourth-order valence-electron chi connectivity index (χ4n) is 0.0707. The fourth-order valence-corrected chi connectivity index (χ4v) is 0.0707. The van der Waals surface area contributed by atoms with Crippen LogP contribution >= 0.6 is 0 Å². The largest absolute Gasteiger partial charge is 0.396 e. The van der Waals surface area contributed by atoms with Crippen molar-refractivity contribution in [3.8, 4) is 0 Å². The molecule has 0 saturated heterocycles. The molecule has 0 saturated carbocycles. The third kappa shape index (κ3) is 145. The van der Waals surface area contributed by atoms with Gasteiger partial charge in [-0.15, -0.1) is 0 Å². The molecule has 0 rings (SSSR count). The SMILES string of the molecule is CC(C)O.OCCCO.OCCO. The summed E-state index contributed by atoms with van der Waals surface area (Å²) >= 11 is 0. The molecule has 0 bridgehead atoms. The second kappa shape index (κ2) is 22.6. The highest BCUT2D eigenvalue weighted by Crippen LogP contribution is 1.65. The van der Waals surface area contributed by atoms with Gasteiger partial charge in [0.25, 0.3) is 0 Å². The van der Waals surface area contributed by atoms with Gasteiger partial charge >= 0.3 is 0 Å². The van der Waals surface area contributed by atoms with Crippen molar-refractivity contribution in [1.29, 1.82) is 0 Å². The van der Waals surface area contributed by atoms with Gasteiger partial charge in [0.05, 0.1) is 13.2 Å². The highest BCUT2D eigenvalue weighted by molar-refractivity contribution is 4.22. The lowest BCUT2D eigenvalue weighted by Gasteiger charge is -1.80. The Morgan fingerprint density at radius 2 is 1.00 bits per heavy atom. The molecule has 0 aliphatic heterocycles. The van der Waals surface area contributed by atoms with Gasteiger partial charge in [0.15, 0.2) is 0 Å². The second-order valence-electron chi connectivity index (χ2n) is 2.34. The number of aliphatic hydroxyl groups is 5. The average molecular weight is 198 g/mol. The third-order valence-electron chi connectivity index (χ3n) is 0.416. The number of aliphatic hydroxyl groups excluding tert-OH is 5. The Morgan fingerprint density at radius 1 is 0.769 bits per heavy atom. The molecule has 0 aromatic rings. The van der Waals surface area contributed by atoms with Crippen molar-refractivity contribution in [2.24, 2.45) is 0 Å². The van der Waals surface area contributed by atoms with Gasteiger partial charge in [-0.05, 0) is 20.3 Å². The maximum Gasteiger partial charge on any atom is 0.0662 e. The predicted molar refractivity (Wildman–Crippen MR) is 50.3 cm³/mol. The molecule has 0 fully saturated rings. The Kier molecular flexibility index (Phi) is 32.3. The Balaban J connectivity index is -0.000000117. The average Bonchev–Trinajstić information content (AvgIpc) is 2.05. The van der Waals surface area contributed by atoms with Gasteiger partial charge in [0, 0.05) is 19.3 Å². The van der Waals surface area contributed by atoms with Gasteiger partial charge in [-0.3, -0.25) is 0 Å². The Hall–Kier alpha value is -0.200. The van der Waals surface area contributed by atoms with E-state index < -0.39 is 0 Å². The minimum absolute atomic E-state index is 0.0938. The summed E-state index contributed by atoms with van der Waals surface area (Å²) in [6.45, 7) is 3.38. The Bertz CT molecular complexity index is 51.7. The predicted octanol–water partition coefficient (Wildman–Crippen LogP) is -1.28. The zero-order valence-electron chi connectivity index (χ0n) is 8.35. The van der Waals surface area contributed by atoms with E-state index in [0.717, 1.165) is 0 Å². The van der Waals surface area contributed by atoms with Crippen LogP contribution in [0.3, 0.4) is 0 Å². The minimum Gasteiger partial charge on any atom is -0.396 e. The van der Waals surface area contributed by atoms with E-state index >= 15 is 0 Å². The molecule has 0 spiro atoms. The van der Waals surface area contributed by atoms with E-state index in [1.54, 1.807) is 13.8 Å². The van der Waals surface area contributed by atoms with Crippen molar-refractivity contribution < 1.29 is 25.5 Å². The van der Waals surface area contributed by atoms with Crippen molar-refractivity contribution in [2.75, 3.05) is 26.4 Å². The van der Waals surface area contributed by atoms with E-state index in [-0.39, 0.29) is 32.5 Å². The van der Waals surface area contributed by atoms with Crippen molar-refractivity contribution in [3.63, 3.8) is 0 Å². The zero-order chi connectivity index (χ0) is 11.1. The molecule has 0 atom stereocenters. The molecule has 0 aromatic heterocycles. The van der Waals surface area contributed by atoms with Gasteiger partial charge < -0.3 is 25.5 Å². The maximum absolute atomic E-state index is 8.06. The lowest BCUT2D eigenvalue weighted by Crippen LogP contribution is -1.85. The molecule has 0 heterocycles. The quantitative estimate of drug-likeness (QED) is 0.389. The summed E-state index contributed by atoms with van der Waals surface area (Å²) in [4.78, 5) is 0. The molecule has 0 aliphatic rings. The van der Waals surface area contributed by atoms with Crippen LogP contribution in [-0.2, 0) is 0 Å². The summed E-state index contributed by atoms with van der Waals surface area (Å²) in [5.41, 5.74) is 0. The van der Waals surface area contributed by atoms with Gasteiger partial charge in [0.2, 0.25) is 0 Å². The molecule has 5 heteroatoms. The van der Waals surface area contributed by atoms with Crippen LogP contribution in [0.15, 0.2) is 0 Å². The van der Waals surface area contributed by atoms with E-state index in [4.69, 9.17) is 25.5 Å². The Labute approximate surface area is 79.3 Å². The number of rotatable bonds is 3. The number of hydrogen-bond donors (Lipinski definition) is 5.